The number of benzene rings is 1. The predicted molar refractivity (Wildman–Crippen MR) is 61.3 cm³/mol. The van der Waals surface area contributed by atoms with Crippen LogP contribution in [0.2, 0.25) is 0 Å². The zero-order valence-corrected chi connectivity index (χ0v) is 9.60. The van der Waals surface area contributed by atoms with Gasteiger partial charge in [-0.15, -0.1) is 0 Å². The van der Waals surface area contributed by atoms with Crippen molar-refractivity contribution < 1.29 is 14.3 Å². The molecule has 0 saturated carbocycles. The number of rotatable bonds is 5. The molecule has 0 spiro atoms. The third-order valence-corrected chi connectivity index (χ3v) is 2.01. The molecule has 0 radical (unpaired) electrons. The Morgan fingerprint density at radius 2 is 2.00 bits per heavy atom. The molecule has 0 bridgehead atoms. The number of hydrogen-bond donors (Lipinski definition) is 1. The van der Waals surface area contributed by atoms with Crippen molar-refractivity contribution in [3.05, 3.63) is 29.8 Å². The van der Waals surface area contributed by atoms with E-state index in [1.54, 1.807) is 0 Å². The van der Waals surface area contributed by atoms with Crippen LogP contribution in [0.3, 0.4) is 0 Å². The Balaban J connectivity index is 2.51. The van der Waals surface area contributed by atoms with Gasteiger partial charge in [-0.05, 0) is 24.6 Å². The Morgan fingerprint density at radius 3 is 2.50 bits per heavy atom. The van der Waals surface area contributed by atoms with Gasteiger partial charge >= 0.3 is 5.97 Å². The van der Waals surface area contributed by atoms with Gasteiger partial charge in [0.15, 0.2) is 0 Å². The standard InChI is InChI=1S/C12H17NO3/c1-9(13)8-16-11-5-3-10(4-6-11)7-12(14)15-2/h3-6,9H,7-8,13H2,1-2H3/t9-/m1/s1. The Kier molecular flexibility index (Phi) is 4.79. The van der Waals surface area contributed by atoms with Gasteiger partial charge in [0, 0.05) is 6.04 Å². The van der Waals surface area contributed by atoms with Crippen molar-refractivity contribution in [1.29, 1.82) is 0 Å². The summed E-state index contributed by atoms with van der Waals surface area (Å²) in [6, 6.07) is 7.33. The molecule has 2 N–H and O–H groups in total. The van der Waals surface area contributed by atoms with Crippen molar-refractivity contribution in [1.82, 2.24) is 0 Å². The van der Waals surface area contributed by atoms with Crippen LogP contribution in [0.4, 0.5) is 0 Å². The molecule has 0 amide bonds. The largest absolute Gasteiger partial charge is 0.492 e. The summed E-state index contributed by atoms with van der Waals surface area (Å²) in [6.07, 6.45) is 0.282. The number of ether oxygens (including phenoxy) is 2. The van der Waals surface area contributed by atoms with Gasteiger partial charge < -0.3 is 15.2 Å². The second-order valence-electron chi connectivity index (χ2n) is 3.69. The first-order chi connectivity index (χ1) is 7.61. The van der Waals surface area contributed by atoms with Crippen LogP contribution in [0.1, 0.15) is 12.5 Å². The van der Waals surface area contributed by atoms with E-state index in [4.69, 9.17) is 10.5 Å². The summed E-state index contributed by atoms with van der Waals surface area (Å²) < 4.78 is 9.99. The molecule has 4 nitrogen and oxygen atoms in total. The van der Waals surface area contributed by atoms with Crippen LogP contribution in [0.25, 0.3) is 0 Å². The molecule has 1 rings (SSSR count). The second kappa shape index (κ2) is 6.12. The smallest absolute Gasteiger partial charge is 0.309 e. The molecule has 16 heavy (non-hydrogen) atoms. The van der Waals surface area contributed by atoms with Crippen LogP contribution in [0.5, 0.6) is 5.75 Å². The van der Waals surface area contributed by atoms with E-state index < -0.39 is 0 Å². The van der Waals surface area contributed by atoms with Gasteiger partial charge in [0.1, 0.15) is 12.4 Å². The van der Waals surface area contributed by atoms with Gasteiger partial charge in [-0.2, -0.15) is 0 Å². The van der Waals surface area contributed by atoms with Gasteiger partial charge in [0.05, 0.1) is 13.5 Å². The van der Waals surface area contributed by atoms with Crippen molar-refractivity contribution in [2.75, 3.05) is 13.7 Å². The minimum atomic E-state index is -0.246. The first-order valence-electron chi connectivity index (χ1n) is 5.16. The van der Waals surface area contributed by atoms with Crippen LogP contribution in [0, 0.1) is 0 Å². The molecular formula is C12H17NO3. The molecule has 0 heterocycles. The third-order valence-electron chi connectivity index (χ3n) is 2.01. The minimum Gasteiger partial charge on any atom is -0.492 e. The lowest BCUT2D eigenvalue weighted by atomic mass is 10.1. The molecule has 88 valence electrons. The number of carbonyl (C=O) groups is 1. The lowest BCUT2D eigenvalue weighted by Gasteiger charge is -2.09. The fourth-order valence-corrected chi connectivity index (χ4v) is 1.17. The summed E-state index contributed by atoms with van der Waals surface area (Å²) >= 11 is 0. The average Bonchev–Trinajstić information content (AvgIpc) is 2.28. The zero-order chi connectivity index (χ0) is 12.0. The summed E-state index contributed by atoms with van der Waals surface area (Å²) in [6.45, 7) is 2.36. The maximum atomic E-state index is 11.0. The summed E-state index contributed by atoms with van der Waals surface area (Å²) in [5.74, 6) is 0.509. The fourth-order valence-electron chi connectivity index (χ4n) is 1.17. The molecule has 0 aliphatic heterocycles. The van der Waals surface area contributed by atoms with E-state index >= 15 is 0 Å². The molecule has 1 aromatic rings. The Morgan fingerprint density at radius 1 is 1.38 bits per heavy atom. The lowest BCUT2D eigenvalue weighted by molar-refractivity contribution is -0.139. The van der Waals surface area contributed by atoms with E-state index in [-0.39, 0.29) is 18.4 Å². The van der Waals surface area contributed by atoms with Crippen LogP contribution in [-0.2, 0) is 16.0 Å². The van der Waals surface area contributed by atoms with Crippen LogP contribution < -0.4 is 10.5 Å². The van der Waals surface area contributed by atoms with Crippen molar-refractivity contribution in [3.63, 3.8) is 0 Å². The number of carbonyl (C=O) groups excluding carboxylic acids is 1. The molecule has 0 fully saturated rings. The van der Waals surface area contributed by atoms with E-state index in [2.05, 4.69) is 4.74 Å². The van der Waals surface area contributed by atoms with Crippen molar-refractivity contribution in [3.8, 4) is 5.75 Å². The molecule has 1 aromatic carbocycles. The third kappa shape index (κ3) is 4.31. The topological polar surface area (TPSA) is 61.5 Å². The molecule has 0 aliphatic rings. The van der Waals surface area contributed by atoms with Gasteiger partial charge in [0.2, 0.25) is 0 Å². The van der Waals surface area contributed by atoms with Gasteiger partial charge in [-0.3, -0.25) is 4.79 Å². The van der Waals surface area contributed by atoms with E-state index in [0.717, 1.165) is 11.3 Å². The Bertz CT molecular complexity index is 333. The highest BCUT2D eigenvalue weighted by Crippen LogP contribution is 2.12. The van der Waals surface area contributed by atoms with E-state index in [0.29, 0.717) is 6.61 Å². The van der Waals surface area contributed by atoms with Gasteiger partial charge in [-0.1, -0.05) is 12.1 Å². The quantitative estimate of drug-likeness (QED) is 0.760. The molecule has 1 atom stereocenters. The number of hydrogen-bond acceptors (Lipinski definition) is 4. The van der Waals surface area contributed by atoms with Crippen molar-refractivity contribution >= 4 is 5.97 Å². The minimum absolute atomic E-state index is 0.00902. The molecule has 4 heteroatoms. The summed E-state index contributed by atoms with van der Waals surface area (Å²) in [5, 5.41) is 0. The van der Waals surface area contributed by atoms with E-state index in [1.807, 2.05) is 31.2 Å². The Labute approximate surface area is 95.3 Å². The normalized spacial score (nSPS) is 11.9. The summed E-state index contributed by atoms with van der Waals surface area (Å²) in [5.41, 5.74) is 6.47. The predicted octanol–water partition coefficient (Wildman–Crippen LogP) is 1.13. The van der Waals surface area contributed by atoms with E-state index in [1.165, 1.54) is 7.11 Å². The highest BCUT2D eigenvalue weighted by molar-refractivity contribution is 5.72. The van der Waals surface area contributed by atoms with Gasteiger partial charge in [0.25, 0.3) is 0 Å². The highest BCUT2D eigenvalue weighted by Gasteiger charge is 2.03. The van der Waals surface area contributed by atoms with E-state index in [9.17, 15) is 4.79 Å². The monoisotopic (exact) mass is 223 g/mol. The molecule has 0 saturated heterocycles. The molecule has 0 aromatic heterocycles. The maximum Gasteiger partial charge on any atom is 0.309 e. The SMILES string of the molecule is COC(=O)Cc1ccc(OC[C@@H](C)N)cc1. The maximum absolute atomic E-state index is 11.0. The number of methoxy groups -OCH3 is 1. The highest BCUT2D eigenvalue weighted by atomic mass is 16.5. The second-order valence-corrected chi connectivity index (χ2v) is 3.69. The van der Waals surface area contributed by atoms with Crippen LogP contribution >= 0.6 is 0 Å². The average molecular weight is 223 g/mol. The molecular weight excluding hydrogens is 206 g/mol. The van der Waals surface area contributed by atoms with Crippen LogP contribution in [-0.4, -0.2) is 25.7 Å². The molecule has 0 unspecified atom stereocenters. The number of nitrogens with two attached hydrogens (primary N) is 1. The fraction of sp³-hybridized carbons (Fsp3) is 0.417. The van der Waals surface area contributed by atoms with Crippen molar-refractivity contribution in [2.24, 2.45) is 5.73 Å². The molecule has 0 aliphatic carbocycles. The summed E-state index contributed by atoms with van der Waals surface area (Å²) in [7, 11) is 1.38. The van der Waals surface area contributed by atoms with Gasteiger partial charge in [-0.25, -0.2) is 0 Å². The summed E-state index contributed by atoms with van der Waals surface area (Å²) in [4.78, 5) is 11.0. The van der Waals surface area contributed by atoms with Crippen LogP contribution in [0.15, 0.2) is 24.3 Å². The lowest BCUT2D eigenvalue weighted by Crippen LogP contribution is -2.23. The first-order valence-corrected chi connectivity index (χ1v) is 5.16. The first kappa shape index (κ1) is 12.5. The number of esters is 1. The Hall–Kier alpha value is -1.55. The van der Waals surface area contributed by atoms with Crippen molar-refractivity contribution in [2.45, 2.75) is 19.4 Å². The zero-order valence-electron chi connectivity index (χ0n) is 9.60.